The number of fused-ring (bicyclic) bond motifs is 1. The number of nitro groups is 1. The Morgan fingerprint density at radius 2 is 1.82 bits per heavy atom. The maximum absolute atomic E-state index is 13.3. The lowest BCUT2D eigenvalue weighted by Gasteiger charge is -2.24. The van der Waals surface area contributed by atoms with E-state index >= 15 is 0 Å². The fourth-order valence-corrected chi connectivity index (χ4v) is 4.30. The number of hydrogen-bond acceptors (Lipinski definition) is 8. The van der Waals surface area contributed by atoms with Crippen LogP contribution in [0.1, 0.15) is 57.9 Å². The van der Waals surface area contributed by atoms with Gasteiger partial charge in [-0.25, -0.2) is 15.1 Å². The molecule has 2 rings (SSSR count). The van der Waals surface area contributed by atoms with Crippen molar-refractivity contribution in [3.8, 4) is 5.75 Å². The van der Waals surface area contributed by atoms with E-state index in [1.807, 2.05) is 50.2 Å². The number of nitrogens with zero attached hydrogens (tertiary/aromatic N) is 2. The first-order chi connectivity index (χ1) is 18.4. The number of methoxy groups -OCH3 is 1. The van der Waals surface area contributed by atoms with E-state index in [0.717, 1.165) is 22.1 Å². The number of ketones is 1. The number of hydrazine groups is 1. The van der Waals surface area contributed by atoms with Gasteiger partial charge in [0, 0.05) is 24.8 Å². The van der Waals surface area contributed by atoms with Crippen LogP contribution < -0.4 is 21.2 Å². The van der Waals surface area contributed by atoms with E-state index in [0.29, 0.717) is 12.8 Å². The van der Waals surface area contributed by atoms with Gasteiger partial charge in [0.05, 0.1) is 13.1 Å². The average Bonchev–Trinajstić information content (AvgIpc) is 2.87. The summed E-state index contributed by atoms with van der Waals surface area (Å²) >= 11 is 0. The molecular weight excluding hydrogens is 505 g/mol. The minimum atomic E-state index is -1.75. The number of rotatable bonds is 15. The molecule has 0 bridgehead atoms. The van der Waals surface area contributed by atoms with E-state index in [1.165, 1.54) is 0 Å². The Morgan fingerprint density at radius 1 is 1.15 bits per heavy atom. The largest absolute Gasteiger partial charge is 0.497 e. The summed E-state index contributed by atoms with van der Waals surface area (Å²) < 4.78 is 5.27. The number of carbonyl (C=O) groups is 2. The lowest BCUT2D eigenvalue weighted by atomic mass is 9.74. The molecule has 0 fully saturated rings. The molecule has 0 unspecified atom stereocenters. The van der Waals surface area contributed by atoms with Crippen LogP contribution >= 0.6 is 0 Å². The molecule has 0 radical (unpaired) electrons. The quantitative estimate of drug-likeness (QED) is 0.0558. The first kappa shape index (κ1) is 31.5. The molecule has 0 aliphatic carbocycles. The summed E-state index contributed by atoms with van der Waals surface area (Å²) in [6, 6.07) is 11.4. The molecular formula is C26H38BN5O7. The summed E-state index contributed by atoms with van der Waals surface area (Å²) in [7, 11) is -0.152. The van der Waals surface area contributed by atoms with Crippen LogP contribution in [0, 0.1) is 22.0 Å². The van der Waals surface area contributed by atoms with Crippen molar-refractivity contribution in [1.82, 2.24) is 10.7 Å². The lowest BCUT2D eigenvalue weighted by Crippen LogP contribution is -2.49. The summed E-state index contributed by atoms with van der Waals surface area (Å²) in [5, 5.41) is 33.8. The van der Waals surface area contributed by atoms with Crippen LogP contribution in [0.25, 0.3) is 10.8 Å². The summed E-state index contributed by atoms with van der Waals surface area (Å²) in [5.74, 6) is -2.29. The number of carbonyl (C=O) groups excluding carboxylic acids is 2. The molecule has 3 atom stereocenters. The Morgan fingerprint density at radius 3 is 2.44 bits per heavy atom. The molecule has 0 heterocycles. The van der Waals surface area contributed by atoms with Crippen LogP contribution in [0.5, 0.6) is 5.75 Å². The second kappa shape index (κ2) is 15.0. The van der Waals surface area contributed by atoms with E-state index in [2.05, 4.69) is 10.3 Å². The number of ether oxygens (including phenoxy) is 1. The Labute approximate surface area is 228 Å². The number of Topliss-reactive ketones (excluding diaryl/α,β-unsaturated/α-hetero) is 1. The summed E-state index contributed by atoms with van der Waals surface area (Å²) in [4.78, 5) is 40.8. The van der Waals surface area contributed by atoms with Gasteiger partial charge in [-0.15, -0.1) is 0 Å². The highest BCUT2D eigenvalue weighted by molar-refractivity contribution is 6.43. The molecule has 0 spiro atoms. The Balaban J connectivity index is 2.17. The second-order valence-electron chi connectivity index (χ2n) is 10.00. The molecule has 6 N–H and O–H groups in total. The van der Waals surface area contributed by atoms with Crippen LogP contribution in [0.2, 0.25) is 0 Å². The first-order valence-corrected chi connectivity index (χ1v) is 12.9. The average molecular weight is 543 g/mol. The number of aliphatic imine (C=N–C) groups is 1. The van der Waals surface area contributed by atoms with Crippen LogP contribution in [-0.4, -0.2) is 59.4 Å². The zero-order valence-electron chi connectivity index (χ0n) is 22.8. The first-order valence-electron chi connectivity index (χ1n) is 12.9. The van der Waals surface area contributed by atoms with Gasteiger partial charge in [-0.3, -0.25) is 9.59 Å². The molecule has 2 aromatic carbocycles. The minimum absolute atomic E-state index is 0.0735. The zero-order valence-corrected chi connectivity index (χ0v) is 22.8. The van der Waals surface area contributed by atoms with Gasteiger partial charge in [0.15, 0.2) is 5.03 Å². The Hall–Kier alpha value is -3.71. The lowest BCUT2D eigenvalue weighted by molar-refractivity contribution is -0.525. The van der Waals surface area contributed by atoms with Gasteiger partial charge < -0.3 is 25.8 Å². The van der Waals surface area contributed by atoms with Gasteiger partial charge in [0.25, 0.3) is 5.96 Å². The molecule has 0 aromatic heterocycles. The smallest absolute Gasteiger partial charge is 0.475 e. The molecule has 12 nitrogen and oxygen atoms in total. The van der Waals surface area contributed by atoms with Crippen molar-refractivity contribution < 1.29 is 29.4 Å². The molecule has 1 amide bonds. The fraction of sp³-hybridized carbons (Fsp3) is 0.500. The van der Waals surface area contributed by atoms with Gasteiger partial charge >= 0.3 is 7.12 Å². The van der Waals surface area contributed by atoms with Crippen molar-refractivity contribution in [2.75, 3.05) is 13.7 Å². The summed E-state index contributed by atoms with van der Waals surface area (Å²) in [6.45, 7) is 5.68. The minimum Gasteiger partial charge on any atom is -0.497 e. The molecule has 212 valence electrons. The highest BCUT2D eigenvalue weighted by Gasteiger charge is 2.31. The third-order valence-electron chi connectivity index (χ3n) is 6.48. The Bertz CT molecular complexity index is 1170. The van der Waals surface area contributed by atoms with Gasteiger partial charge in [-0.05, 0) is 53.6 Å². The number of nitrogens with one attached hydrogen (secondary N) is 2. The fourth-order valence-electron chi connectivity index (χ4n) is 4.30. The monoisotopic (exact) mass is 543 g/mol. The van der Waals surface area contributed by atoms with E-state index in [1.54, 1.807) is 19.5 Å². The normalized spacial score (nSPS) is 14.0. The predicted octanol–water partition coefficient (Wildman–Crippen LogP) is 1.95. The van der Waals surface area contributed by atoms with Crippen LogP contribution in [0.4, 0.5) is 0 Å². The van der Waals surface area contributed by atoms with Crippen molar-refractivity contribution in [3.05, 3.63) is 52.1 Å². The number of nitrogens with two attached hydrogens (primary N) is 1. The number of hydrogen-bond donors (Lipinski definition) is 5. The second-order valence-corrected chi connectivity index (χ2v) is 10.00. The van der Waals surface area contributed by atoms with Gasteiger partial charge in [-0.1, -0.05) is 50.5 Å². The third-order valence-corrected chi connectivity index (χ3v) is 6.48. The van der Waals surface area contributed by atoms with Crippen LogP contribution in [-0.2, 0) is 9.59 Å². The van der Waals surface area contributed by atoms with E-state index in [4.69, 9.17) is 10.5 Å². The molecule has 0 aliphatic heterocycles. The van der Waals surface area contributed by atoms with Crippen molar-refractivity contribution in [2.45, 2.75) is 58.3 Å². The van der Waals surface area contributed by atoms with E-state index in [-0.39, 0.29) is 37.0 Å². The van der Waals surface area contributed by atoms with Crippen molar-refractivity contribution in [1.29, 1.82) is 0 Å². The van der Waals surface area contributed by atoms with Gasteiger partial charge in [-0.2, -0.15) is 0 Å². The zero-order chi connectivity index (χ0) is 29.1. The van der Waals surface area contributed by atoms with Crippen molar-refractivity contribution in [3.63, 3.8) is 0 Å². The number of guanidine groups is 1. The molecule has 39 heavy (non-hydrogen) atoms. The van der Waals surface area contributed by atoms with Gasteiger partial charge in [0.2, 0.25) is 5.91 Å². The van der Waals surface area contributed by atoms with E-state index < -0.39 is 35.8 Å². The SMILES string of the molecule is COc1ccc2cc([C@H](C)C(=O)C[C@@H](CCCN=C(N)N[N+](=O)[O-])C(=O)N[C@@H](CC(C)C)B(O)O)ccc2c1. The van der Waals surface area contributed by atoms with E-state index in [9.17, 15) is 29.8 Å². The molecule has 0 saturated heterocycles. The van der Waals surface area contributed by atoms with Crippen molar-refractivity contribution in [2.24, 2.45) is 22.6 Å². The summed E-state index contributed by atoms with van der Waals surface area (Å²) in [6.07, 6.45) is 0.840. The van der Waals surface area contributed by atoms with Crippen molar-refractivity contribution >= 4 is 35.5 Å². The highest BCUT2D eigenvalue weighted by Crippen LogP contribution is 2.27. The molecule has 0 aliphatic rings. The predicted molar refractivity (Wildman–Crippen MR) is 149 cm³/mol. The standard InChI is InChI=1S/C26H38BN5O7/c1-16(2)12-24(27(35)36)30-25(34)21(6-5-11-29-26(28)31-32(37)38)15-23(33)17(3)18-7-8-20-14-22(39-4)10-9-19(20)13-18/h7-10,13-14,16-17,21,24,35-36H,5-6,11-12,15H2,1-4H3,(H,30,34)(H3,28,29,31)/t17-,21+,24-/m0/s1. The van der Waals surface area contributed by atoms with Gasteiger partial charge in [0.1, 0.15) is 11.5 Å². The maximum atomic E-state index is 13.3. The Kier molecular flexibility index (Phi) is 12.1. The van der Waals surface area contributed by atoms with Crippen LogP contribution in [0.3, 0.4) is 0 Å². The molecule has 13 heteroatoms. The third kappa shape index (κ3) is 10.2. The topological polar surface area (TPSA) is 189 Å². The summed E-state index contributed by atoms with van der Waals surface area (Å²) in [5.41, 5.74) is 8.00. The molecule has 0 saturated carbocycles. The number of benzene rings is 2. The maximum Gasteiger partial charge on any atom is 0.475 e. The van der Waals surface area contributed by atoms with Crippen LogP contribution in [0.15, 0.2) is 41.4 Å². The molecule has 2 aromatic rings. The number of amides is 1. The highest BCUT2D eigenvalue weighted by atomic mass is 16.7.